The van der Waals surface area contributed by atoms with Crippen molar-refractivity contribution in [1.29, 1.82) is 0 Å². The fourth-order valence-electron chi connectivity index (χ4n) is 9.54. The summed E-state index contributed by atoms with van der Waals surface area (Å²) < 4.78 is 12.6. The zero-order valence-corrected chi connectivity index (χ0v) is 35.1. The Kier molecular flexibility index (Phi) is 12.3. The second kappa shape index (κ2) is 17.4. The van der Waals surface area contributed by atoms with E-state index in [0.29, 0.717) is 29.2 Å². The van der Waals surface area contributed by atoms with Gasteiger partial charge in [-0.15, -0.1) is 0 Å². The molecule has 3 N–H and O–H groups in total. The topological polar surface area (TPSA) is 164 Å². The maximum Gasteiger partial charge on any atom is 0.269 e. The minimum atomic E-state index is -2.67. The number of nitrogens with zero attached hydrogens (tertiary/aromatic N) is 3. The van der Waals surface area contributed by atoms with Gasteiger partial charge >= 0.3 is 0 Å². The first-order valence-corrected chi connectivity index (χ1v) is 23.4. The van der Waals surface area contributed by atoms with E-state index in [4.69, 9.17) is 9.47 Å². The summed E-state index contributed by atoms with van der Waals surface area (Å²) in [4.78, 5) is 58.0. The molecule has 1 unspecified atom stereocenters. The van der Waals surface area contributed by atoms with Crippen molar-refractivity contribution in [1.82, 2.24) is 10.2 Å². The Hall–Kier alpha value is -5.41. The van der Waals surface area contributed by atoms with Crippen molar-refractivity contribution in [2.45, 2.75) is 69.6 Å². The smallest absolute Gasteiger partial charge is 0.269 e. The highest BCUT2D eigenvalue weighted by Gasteiger charge is 2.66. The monoisotopic (exact) mass is 819 g/mol. The molecule has 3 amide bonds. The molecular formula is C45H53N5O8Si. The molecule has 4 aromatic rings. The predicted molar refractivity (Wildman–Crippen MR) is 228 cm³/mol. The van der Waals surface area contributed by atoms with E-state index in [1.165, 1.54) is 12.1 Å². The molecule has 7 rings (SSSR count). The van der Waals surface area contributed by atoms with Crippen molar-refractivity contribution < 1.29 is 33.9 Å². The third-order valence-corrected chi connectivity index (χ3v) is 16.9. The first kappa shape index (κ1) is 41.7. The minimum absolute atomic E-state index is 0.0621. The summed E-state index contributed by atoms with van der Waals surface area (Å²) in [6.45, 7) is 8.20. The van der Waals surface area contributed by atoms with Crippen molar-refractivity contribution >= 4 is 48.0 Å². The van der Waals surface area contributed by atoms with E-state index in [2.05, 4.69) is 23.7 Å². The number of carbonyl (C=O) groups excluding carboxylic acids is 3. The van der Waals surface area contributed by atoms with E-state index in [-0.39, 0.29) is 67.5 Å². The minimum Gasteiger partial charge on any atom is -0.497 e. The van der Waals surface area contributed by atoms with Crippen molar-refractivity contribution in [2.75, 3.05) is 43.6 Å². The lowest BCUT2D eigenvalue weighted by molar-refractivity contribution is -0.385. The number of nitrogens with one attached hydrogen (secondary N) is 2. The van der Waals surface area contributed by atoms with Gasteiger partial charge < -0.3 is 35.0 Å². The van der Waals surface area contributed by atoms with Gasteiger partial charge in [0.2, 0.25) is 11.8 Å². The average molecular weight is 820 g/mol. The number of non-ortho nitro benzene ring substituents is 1. The van der Waals surface area contributed by atoms with Crippen molar-refractivity contribution in [2.24, 2.45) is 11.8 Å². The zero-order chi connectivity index (χ0) is 41.9. The maximum absolute atomic E-state index is 15.4. The molecule has 14 heteroatoms. The molecule has 5 atom stereocenters. The summed E-state index contributed by atoms with van der Waals surface area (Å²) in [5.74, 6) is -0.602. The van der Waals surface area contributed by atoms with Crippen LogP contribution in [0.25, 0.3) is 0 Å². The normalized spacial score (nSPS) is 22.6. The van der Waals surface area contributed by atoms with Crippen molar-refractivity contribution in [3.63, 3.8) is 0 Å². The van der Waals surface area contributed by atoms with Gasteiger partial charge in [0.05, 0.1) is 57.4 Å². The van der Waals surface area contributed by atoms with E-state index >= 15 is 4.79 Å². The van der Waals surface area contributed by atoms with Crippen molar-refractivity contribution in [3.8, 4) is 5.75 Å². The fourth-order valence-corrected chi connectivity index (χ4v) is 13.6. The zero-order valence-electron chi connectivity index (χ0n) is 34.1. The summed E-state index contributed by atoms with van der Waals surface area (Å²) in [6.07, 6.45) is 0.926. The third kappa shape index (κ3) is 8.27. The molecule has 0 aromatic heterocycles. The molecule has 310 valence electrons. The summed E-state index contributed by atoms with van der Waals surface area (Å²) >= 11 is 0. The quantitative estimate of drug-likeness (QED) is 0.0821. The lowest BCUT2D eigenvalue weighted by Gasteiger charge is -2.37. The Morgan fingerprint density at radius 1 is 1.05 bits per heavy atom. The Morgan fingerprint density at radius 3 is 2.47 bits per heavy atom. The Labute approximate surface area is 345 Å². The van der Waals surface area contributed by atoms with Crippen LogP contribution >= 0.6 is 0 Å². The number of methoxy groups -OCH3 is 1. The van der Waals surface area contributed by atoms with Crippen LogP contribution in [-0.2, 0) is 37.8 Å². The van der Waals surface area contributed by atoms with Gasteiger partial charge in [-0.1, -0.05) is 79.8 Å². The molecule has 59 heavy (non-hydrogen) atoms. The number of nitro groups is 1. The van der Waals surface area contributed by atoms with Gasteiger partial charge in [0.25, 0.3) is 11.6 Å². The standard InChI is InChI=1S/C45H53N5O8Si/c1-30-42(59(3,4)37-18-16-36(57-2)17-19-37)40(26-41(52)48(22-23-51)28-31-10-6-5-7-11-31)58-45(30)38-25-35(50(55)56)15-20-39(38)49(44(45)54)29-32-12-8-14-34(24-32)47-43(53)33-13-9-21-46-27-33/h5-8,10-12,14-20,24-25,30,33,40,42,46,51H,9,13,21-23,26-29H2,1-4H3,(H,47,53)/t30-,33?,40+,42-,45+/m1/s1. The van der Waals surface area contributed by atoms with E-state index in [1.807, 2.05) is 85.8 Å². The van der Waals surface area contributed by atoms with E-state index in [0.717, 1.165) is 35.7 Å². The van der Waals surface area contributed by atoms with Crippen LogP contribution in [0, 0.1) is 22.0 Å². The largest absolute Gasteiger partial charge is 0.497 e. The fraction of sp³-hybridized carbons (Fsp3) is 0.400. The number of aliphatic hydroxyl groups excluding tert-OH is 1. The average Bonchev–Trinajstić information content (AvgIpc) is 3.66. The number of hydrogen-bond acceptors (Lipinski definition) is 9. The summed E-state index contributed by atoms with van der Waals surface area (Å²) in [5.41, 5.74) is 1.05. The number of amides is 3. The molecule has 0 bridgehead atoms. The third-order valence-electron chi connectivity index (χ3n) is 12.5. The summed E-state index contributed by atoms with van der Waals surface area (Å²) in [7, 11) is -1.06. The molecule has 3 aliphatic heterocycles. The molecule has 1 spiro atoms. The van der Waals surface area contributed by atoms with Gasteiger partial charge in [-0.2, -0.15) is 0 Å². The molecule has 3 aliphatic rings. The Balaban J connectivity index is 1.27. The van der Waals surface area contributed by atoms with Gasteiger partial charge in [-0.3, -0.25) is 24.5 Å². The van der Waals surface area contributed by atoms with Crippen LogP contribution in [0.5, 0.6) is 5.75 Å². The Morgan fingerprint density at radius 2 is 1.80 bits per heavy atom. The molecule has 3 heterocycles. The molecule has 0 aliphatic carbocycles. The van der Waals surface area contributed by atoms with Crippen LogP contribution in [0.4, 0.5) is 17.1 Å². The van der Waals surface area contributed by atoms with Gasteiger partial charge in [-0.25, -0.2) is 0 Å². The number of fused-ring (bicyclic) bond motifs is 2. The molecular weight excluding hydrogens is 767 g/mol. The number of aliphatic hydroxyl groups is 1. The van der Waals surface area contributed by atoms with Gasteiger partial charge in [0, 0.05) is 48.9 Å². The Bertz CT molecular complexity index is 2180. The number of carbonyl (C=O) groups is 3. The molecule has 0 radical (unpaired) electrons. The van der Waals surface area contributed by atoms with Crippen LogP contribution in [0.1, 0.15) is 42.9 Å². The highest BCUT2D eigenvalue weighted by Crippen LogP contribution is 2.60. The van der Waals surface area contributed by atoms with Gasteiger partial charge in [0.15, 0.2) is 5.60 Å². The first-order valence-electron chi connectivity index (χ1n) is 20.3. The predicted octanol–water partition coefficient (Wildman–Crippen LogP) is 5.72. The maximum atomic E-state index is 15.4. The number of anilines is 2. The summed E-state index contributed by atoms with van der Waals surface area (Å²) in [6, 6.07) is 29.3. The number of nitro benzene ring substituents is 1. The lowest BCUT2D eigenvalue weighted by Crippen LogP contribution is -2.52. The molecule has 0 saturated carbocycles. The molecule has 4 aromatic carbocycles. The number of benzene rings is 4. The van der Waals surface area contributed by atoms with E-state index in [1.54, 1.807) is 23.0 Å². The van der Waals surface area contributed by atoms with Crippen LogP contribution in [0.3, 0.4) is 0 Å². The second-order valence-electron chi connectivity index (χ2n) is 16.5. The molecule has 13 nitrogen and oxygen atoms in total. The summed E-state index contributed by atoms with van der Waals surface area (Å²) in [5, 5.41) is 29.7. The number of rotatable bonds is 14. The second-order valence-corrected chi connectivity index (χ2v) is 21.2. The molecule has 2 fully saturated rings. The van der Waals surface area contributed by atoms with Gasteiger partial charge in [-0.05, 0) is 66.4 Å². The van der Waals surface area contributed by atoms with Crippen LogP contribution in [-0.4, -0.2) is 80.2 Å². The van der Waals surface area contributed by atoms with Crippen LogP contribution in [0.15, 0.2) is 97.1 Å². The van der Waals surface area contributed by atoms with Crippen LogP contribution in [0.2, 0.25) is 18.6 Å². The first-order chi connectivity index (χ1) is 28.4. The SMILES string of the molecule is COc1ccc([Si](C)(C)[C@H]2[C@H](CC(=O)N(CCO)Cc3ccccc3)O[C@@]3(C(=O)N(Cc4cccc(NC(=O)C5CCCNC5)c4)c4ccc([N+](=O)[O-])cc43)[C@@H]2C)cc1. The highest BCUT2D eigenvalue weighted by molar-refractivity contribution is 6.91. The number of hydrogen-bond donors (Lipinski definition) is 3. The highest BCUT2D eigenvalue weighted by atomic mass is 28.3. The van der Waals surface area contributed by atoms with Crippen molar-refractivity contribution in [3.05, 3.63) is 124 Å². The molecule has 2 saturated heterocycles. The number of ether oxygens (including phenoxy) is 2. The van der Waals surface area contributed by atoms with Gasteiger partial charge in [0.1, 0.15) is 5.75 Å². The number of piperidine rings is 1. The van der Waals surface area contributed by atoms with Crippen LogP contribution < -0.4 is 25.5 Å². The van der Waals surface area contributed by atoms with E-state index in [9.17, 15) is 24.8 Å². The van der Waals surface area contributed by atoms with E-state index < -0.39 is 30.6 Å². The lowest BCUT2D eigenvalue weighted by atomic mass is 9.82.